The fourth-order valence-corrected chi connectivity index (χ4v) is 3.54. The van der Waals surface area contributed by atoms with Gasteiger partial charge in [0.2, 0.25) is 0 Å². The van der Waals surface area contributed by atoms with E-state index in [-0.39, 0.29) is 11.0 Å². The third kappa shape index (κ3) is 4.20. The van der Waals surface area contributed by atoms with Gasteiger partial charge in [-0.1, -0.05) is 12.2 Å². The number of ether oxygens (including phenoxy) is 2. The summed E-state index contributed by atoms with van der Waals surface area (Å²) in [7, 11) is 3.17. The van der Waals surface area contributed by atoms with Crippen LogP contribution in [0.5, 0.6) is 11.5 Å². The van der Waals surface area contributed by atoms with Crippen molar-refractivity contribution in [2.75, 3.05) is 25.8 Å². The SMILES string of the molecule is C=C(C)CN1Cc2cc(OC)c(OC)cc2-c2cc(=O)c(C(=O)NC(C)(C)C)cn21. The van der Waals surface area contributed by atoms with E-state index in [1.165, 1.54) is 6.07 Å². The number of fused-ring (bicyclic) bond motifs is 3. The third-order valence-corrected chi connectivity index (χ3v) is 4.76. The van der Waals surface area contributed by atoms with E-state index in [0.717, 1.165) is 16.7 Å². The molecule has 0 saturated carbocycles. The molecule has 0 radical (unpaired) electrons. The van der Waals surface area contributed by atoms with Crippen LogP contribution in [0, 0.1) is 0 Å². The molecule has 7 heteroatoms. The molecule has 30 heavy (non-hydrogen) atoms. The predicted molar refractivity (Wildman–Crippen MR) is 118 cm³/mol. The quantitative estimate of drug-likeness (QED) is 0.766. The van der Waals surface area contributed by atoms with Crippen LogP contribution in [0.25, 0.3) is 11.3 Å². The minimum Gasteiger partial charge on any atom is -0.493 e. The Morgan fingerprint density at radius 3 is 2.37 bits per heavy atom. The van der Waals surface area contributed by atoms with E-state index in [4.69, 9.17) is 9.47 Å². The van der Waals surface area contributed by atoms with Gasteiger partial charge in [-0.3, -0.25) is 14.3 Å². The first-order chi connectivity index (χ1) is 14.0. The number of amides is 1. The number of carbonyl (C=O) groups excluding carboxylic acids is 1. The molecule has 2 aromatic rings. The first-order valence-corrected chi connectivity index (χ1v) is 9.78. The lowest BCUT2D eigenvalue weighted by atomic mass is 9.99. The molecule has 0 spiro atoms. The van der Waals surface area contributed by atoms with Gasteiger partial charge in [-0.05, 0) is 45.4 Å². The molecule has 1 aliphatic heterocycles. The Labute approximate surface area is 176 Å². The van der Waals surface area contributed by atoms with E-state index in [1.807, 2.05) is 49.5 Å². The number of methoxy groups -OCH3 is 2. The summed E-state index contributed by atoms with van der Waals surface area (Å²) < 4.78 is 12.8. The zero-order chi connectivity index (χ0) is 22.2. The molecule has 2 heterocycles. The zero-order valence-corrected chi connectivity index (χ0v) is 18.5. The average molecular weight is 412 g/mol. The monoisotopic (exact) mass is 411 g/mol. The average Bonchev–Trinajstić information content (AvgIpc) is 2.64. The van der Waals surface area contributed by atoms with Gasteiger partial charge >= 0.3 is 0 Å². The van der Waals surface area contributed by atoms with Crippen molar-refractivity contribution in [3.05, 3.63) is 57.9 Å². The lowest BCUT2D eigenvalue weighted by molar-refractivity contribution is 0.0917. The van der Waals surface area contributed by atoms with Crippen molar-refractivity contribution < 1.29 is 14.3 Å². The molecule has 0 bridgehead atoms. The van der Waals surface area contributed by atoms with Gasteiger partial charge in [-0.2, -0.15) is 0 Å². The molecule has 160 valence electrons. The molecule has 1 N–H and O–H groups in total. The Bertz CT molecular complexity index is 1060. The molecule has 1 amide bonds. The highest BCUT2D eigenvalue weighted by Gasteiger charge is 2.27. The van der Waals surface area contributed by atoms with E-state index in [9.17, 15) is 9.59 Å². The molecule has 0 saturated heterocycles. The number of benzene rings is 1. The maximum absolute atomic E-state index is 12.9. The van der Waals surface area contributed by atoms with Crippen molar-refractivity contribution >= 4 is 5.91 Å². The molecular weight excluding hydrogens is 382 g/mol. The lowest BCUT2D eigenvalue weighted by Crippen LogP contribution is -2.44. The van der Waals surface area contributed by atoms with Gasteiger partial charge in [0.1, 0.15) is 5.56 Å². The Balaban J connectivity index is 2.20. The number of hydrogen-bond acceptors (Lipinski definition) is 5. The first kappa shape index (κ1) is 21.5. The number of nitrogens with zero attached hydrogens (tertiary/aromatic N) is 2. The number of nitrogens with one attached hydrogen (secondary N) is 1. The van der Waals surface area contributed by atoms with Crippen LogP contribution in [0.15, 0.2) is 41.3 Å². The summed E-state index contributed by atoms with van der Waals surface area (Å²) in [5.74, 6) is 0.817. The van der Waals surface area contributed by atoms with Crippen molar-refractivity contribution in [2.24, 2.45) is 0 Å². The highest BCUT2D eigenvalue weighted by Crippen LogP contribution is 2.38. The summed E-state index contributed by atoms with van der Waals surface area (Å²) in [5, 5.41) is 4.91. The van der Waals surface area contributed by atoms with E-state index < -0.39 is 11.4 Å². The van der Waals surface area contributed by atoms with Crippen LogP contribution in [0.1, 0.15) is 43.6 Å². The van der Waals surface area contributed by atoms with Crippen LogP contribution >= 0.6 is 0 Å². The Morgan fingerprint density at radius 1 is 1.17 bits per heavy atom. The normalized spacial score (nSPS) is 12.7. The summed E-state index contributed by atoms with van der Waals surface area (Å²) in [6, 6.07) is 5.30. The van der Waals surface area contributed by atoms with Gasteiger partial charge in [0.15, 0.2) is 16.9 Å². The highest BCUT2D eigenvalue weighted by atomic mass is 16.5. The molecule has 1 aliphatic rings. The molecule has 1 aromatic carbocycles. The van der Waals surface area contributed by atoms with Gasteiger partial charge in [-0.25, -0.2) is 0 Å². The van der Waals surface area contributed by atoms with Gasteiger partial charge in [-0.15, -0.1) is 0 Å². The maximum Gasteiger partial charge on any atom is 0.257 e. The number of aromatic nitrogens is 1. The largest absolute Gasteiger partial charge is 0.493 e. The highest BCUT2D eigenvalue weighted by molar-refractivity contribution is 5.94. The standard InChI is InChI=1S/C23H29N3O4/c1-14(2)11-25-12-15-8-20(29-6)21(30-7)9-16(15)18-10-19(27)17(13-26(18)25)22(28)24-23(3,4)5/h8-10,13H,1,11-12H2,2-7H3,(H,24,28). The molecule has 7 nitrogen and oxygen atoms in total. The summed E-state index contributed by atoms with van der Waals surface area (Å²) in [6.45, 7) is 12.7. The Hall–Kier alpha value is -3.22. The second kappa shape index (κ2) is 7.89. The van der Waals surface area contributed by atoms with Gasteiger partial charge < -0.3 is 19.8 Å². The van der Waals surface area contributed by atoms with Crippen LogP contribution in [-0.4, -0.2) is 36.9 Å². The van der Waals surface area contributed by atoms with Crippen LogP contribution in [0.3, 0.4) is 0 Å². The summed E-state index contributed by atoms with van der Waals surface area (Å²) in [5.41, 5.74) is 2.84. The molecule has 3 rings (SSSR count). The second-order valence-electron chi connectivity index (χ2n) is 8.63. The lowest BCUT2D eigenvalue weighted by Gasteiger charge is -2.36. The Kier molecular flexibility index (Phi) is 5.65. The van der Waals surface area contributed by atoms with E-state index in [1.54, 1.807) is 20.4 Å². The molecule has 0 aliphatic carbocycles. The van der Waals surface area contributed by atoms with E-state index in [0.29, 0.717) is 30.3 Å². The van der Waals surface area contributed by atoms with Crippen molar-refractivity contribution in [1.29, 1.82) is 0 Å². The summed E-state index contributed by atoms with van der Waals surface area (Å²) in [6.07, 6.45) is 1.61. The number of carbonyl (C=O) groups is 1. The smallest absolute Gasteiger partial charge is 0.257 e. The number of hydrogen-bond donors (Lipinski definition) is 1. The van der Waals surface area contributed by atoms with Crippen molar-refractivity contribution in [3.63, 3.8) is 0 Å². The van der Waals surface area contributed by atoms with Crippen LogP contribution in [0.4, 0.5) is 0 Å². The van der Waals surface area contributed by atoms with E-state index >= 15 is 0 Å². The minimum atomic E-state index is -0.446. The predicted octanol–water partition coefficient (Wildman–Crippen LogP) is 3.09. The zero-order valence-electron chi connectivity index (χ0n) is 18.5. The number of pyridine rings is 1. The maximum atomic E-state index is 12.9. The molecular formula is C23H29N3O4. The fourth-order valence-electron chi connectivity index (χ4n) is 3.54. The molecule has 0 atom stereocenters. The first-order valence-electron chi connectivity index (χ1n) is 9.78. The Morgan fingerprint density at radius 2 is 1.80 bits per heavy atom. The molecule has 0 unspecified atom stereocenters. The van der Waals surface area contributed by atoms with Gasteiger partial charge in [0.05, 0.1) is 33.0 Å². The summed E-state index contributed by atoms with van der Waals surface area (Å²) in [4.78, 5) is 25.6. The van der Waals surface area contributed by atoms with Crippen molar-refractivity contribution in [1.82, 2.24) is 9.99 Å². The number of rotatable bonds is 5. The molecule has 1 aromatic heterocycles. The van der Waals surface area contributed by atoms with Crippen LogP contribution < -0.4 is 25.2 Å². The van der Waals surface area contributed by atoms with Crippen molar-refractivity contribution in [3.8, 4) is 22.8 Å². The molecule has 0 fully saturated rings. The minimum absolute atomic E-state index is 0.101. The van der Waals surface area contributed by atoms with Crippen LogP contribution in [-0.2, 0) is 6.54 Å². The fraction of sp³-hybridized carbons (Fsp3) is 0.391. The van der Waals surface area contributed by atoms with Gasteiger partial charge in [0.25, 0.3) is 5.91 Å². The topological polar surface area (TPSA) is 72.8 Å². The van der Waals surface area contributed by atoms with Gasteiger partial charge in [0, 0.05) is 23.4 Å². The van der Waals surface area contributed by atoms with Crippen molar-refractivity contribution in [2.45, 2.75) is 39.8 Å². The second-order valence-corrected chi connectivity index (χ2v) is 8.63. The third-order valence-electron chi connectivity index (χ3n) is 4.76. The summed E-state index contributed by atoms with van der Waals surface area (Å²) >= 11 is 0. The van der Waals surface area contributed by atoms with Crippen LogP contribution in [0.2, 0.25) is 0 Å². The van der Waals surface area contributed by atoms with E-state index in [2.05, 4.69) is 11.9 Å².